The molecule has 0 unspecified atom stereocenters. The molecule has 0 N–H and O–H groups in total. The number of hydrogen-bond donors (Lipinski definition) is 0. The van der Waals surface area contributed by atoms with Gasteiger partial charge >= 0.3 is 0 Å². The molecular weight excluding hydrogens is 236 g/mol. The molecule has 0 bridgehead atoms. The van der Waals surface area contributed by atoms with Crippen LogP contribution in [0.3, 0.4) is 0 Å². The highest BCUT2D eigenvalue weighted by atomic mass is 16.1. The Hall–Kier alpha value is -2.86. The lowest BCUT2D eigenvalue weighted by molar-refractivity contribution is 1.04. The Labute approximate surface area is 110 Å². The topological polar surface area (TPSA) is 34.4 Å². The molecule has 3 nitrogen and oxygen atoms in total. The third-order valence-electron chi connectivity index (χ3n) is 2.72. The van der Waals surface area contributed by atoms with Crippen molar-refractivity contribution in [2.45, 2.75) is 0 Å². The summed E-state index contributed by atoms with van der Waals surface area (Å²) in [7, 11) is 0. The third kappa shape index (κ3) is 2.38. The van der Waals surface area contributed by atoms with Crippen LogP contribution in [-0.4, -0.2) is 9.38 Å². The average Bonchev–Trinajstić information content (AvgIpc) is 2.46. The van der Waals surface area contributed by atoms with Crippen LogP contribution >= 0.6 is 0 Å². The van der Waals surface area contributed by atoms with E-state index >= 15 is 0 Å². The number of nitrogens with zero attached hydrogens (tertiary/aromatic N) is 2. The number of pyridine rings is 1. The smallest absolute Gasteiger partial charge is 0.257 e. The fourth-order valence-corrected chi connectivity index (χ4v) is 1.78. The molecule has 0 aliphatic rings. The SMILES string of the molecule is O=c1ccnc2cc(C#Cc3ccccc3)ccn12. The van der Waals surface area contributed by atoms with E-state index in [1.807, 2.05) is 36.4 Å². The Morgan fingerprint density at radius 2 is 1.74 bits per heavy atom. The van der Waals surface area contributed by atoms with Gasteiger partial charge in [-0.25, -0.2) is 4.98 Å². The zero-order valence-electron chi connectivity index (χ0n) is 10.1. The first-order valence-corrected chi connectivity index (χ1v) is 5.87. The molecule has 0 spiro atoms. The minimum absolute atomic E-state index is 0.0902. The molecule has 1 aromatic carbocycles. The molecule has 3 rings (SSSR count). The van der Waals surface area contributed by atoms with Crippen molar-refractivity contribution < 1.29 is 0 Å². The van der Waals surface area contributed by atoms with Gasteiger partial charge in [-0.1, -0.05) is 30.0 Å². The molecule has 2 heterocycles. The number of rotatable bonds is 0. The van der Waals surface area contributed by atoms with Crippen LogP contribution in [0.25, 0.3) is 5.65 Å². The van der Waals surface area contributed by atoms with Crippen molar-refractivity contribution in [3.05, 3.63) is 82.4 Å². The van der Waals surface area contributed by atoms with Gasteiger partial charge in [0.2, 0.25) is 0 Å². The van der Waals surface area contributed by atoms with Gasteiger partial charge in [-0.2, -0.15) is 0 Å². The molecule has 3 heteroatoms. The molecule has 0 radical (unpaired) electrons. The van der Waals surface area contributed by atoms with Crippen LogP contribution in [0.1, 0.15) is 11.1 Å². The Bertz CT molecular complexity index is 839. The van der Waals surface area contributed by atoms with Gasteiger partial charge in [0, 0.05) is 29.6 Å². The zero-order chi connectivity index (χ0) is 13.1. The molecule has 0 fully saturated rings. The summed E-state index contributed by atoms with van der Waals surface area (Å²) in [5, 5.41) is 0. The lowest BCUT2D eigenvalue weighted by Gasteiger charge is -1.98. The van der Waals surface area contributed by atoms with Crippen LogP contribution in [0.5, 0.6) is 0 Å². The summed E-state index contributed by atoms with van der Waals surface area (Å²) >= 11 is 0. The Morgan fingerprint density at radius 1 is 0.947 bits per heavy atom. The third-order valence-corrected chi connectivity index (χ3v) is 2.72. The first-order chi connectivity index (χ1) is 9.33. The number of fused-ring (bicyclic) bond motifs is 1. The summed E-state index contributed by atoms with van der Waals surface area (Å²) in [5.41, 5.74) is 2.31. The van der Waals surface area contributed by atoms with E-state index in [9.17, 15) is 4.79 Å². The van der Waals surface area contributed by atoms with Gasteiger partial charge in [0.1, 0.15) is 5.65 Å². The Balaban J connectivity index is 2.04. The summed E-state index contributed by atoms with van der Waals surface area (Å²) < 4.78 is 1.49. The number of hydrogen-bond acceptors (Lipinski definition) is 2. The largest absolute Gasteiger partial charge is 0.269 e. The molecule has 0 saturated heterocycles. The average molecular weight is 246 g/mol. The first kappa shape index (κ1) is 11.2. The van der Waals surface area contributed by atoms with Crippen molar-refractivity contribution in [1.29, 1.82) is 0 Å². The molecule has 0 saturated carbocycles. The minimum Gasteiger partial charge on any atom is -0.269 e. The van der Waals surface area contributed by atoms with Gasteiger partial charge in [0.15, 0.2) is 0 Å². The highest BCUT2D eigenvalue weighted by molar-refractivity contribution is 5.49. The Kier molecular flexibility index (Phi) is 2.83. The van der Waals surface area contributed by atoms with E-state index in [-0.39, 0.29) is 5.56 Å². The lowest BCUT2D eigenvalue weighted by atomic mass is 10.2. The van der Waals surface area contributed by atoms with Crippen LogP contribution in [0.15, 0.2) is 65.7 Å². The van der Waals surface area contributed by atoms with Gasteiger partial charge in [-0.3, -0.25) is 9.20 Å². The van der Waals surface area contributed by atoms with E-state index in [2.05, 4.69) is 16.8 Å². The molecule has 0 aliphatic carbocycles. The van der Waals surface area contributed by atoms with Crippen molar-refractivity contribution in [2.75, 3.05) is 0 Å². The Morgan fingerprint density at radius 3 is 2.58 bits per heavy atom. The van der Waals surface area contributed by atoms with E-state index in [0.29, 0.717) is 5.65 Å². The maximum Gasteiger partial charge on any atom is 0.257 e. The monoisotopic (exact) mass is 246 g/mol. The van der Waals surface area contributed by atoms with E-state index < -0.39 is 0 Å². The van der Waals surface area contributed by atoms with Crippen molar-refractivity contribution in [3.8, 4) is 11.8 Å². The molecule has 3 aromatic rings. The van der Waals surface area contributed by atoms with Crippen molar-refractivity contribution >= 4 is 5.65 Å². The second-order valence-electron chi connectivity index (χ2n) is 4.04. The zero-order valence-corrected chi connectivity index (χ0v) is 10.1. The summed E-state index contributed by atoms with van der Waals surface area (Å²) in [4.78, 5) is 15.7. The van der Waals surface area contributed by atoms with Crippen molar-refractivity contribution in [2.24, 2.45) is 0 Å². The van der Waals surface area contributed by atoms with Crippen LogP contribution in [0, 0.1) is 11.8 Å². The van der Waals surface area contributed by atoms with Gasteiger partial charge in [-0.05, 0) is 24.3 Å². The van der Waals surface area contributed by atoms with Crippen molar-refractivity contribution in [3.63, 3.8) is 0 Å². The predicted octanol–water partition coefficient (Wildman–Crippen LogP) is 2.09. The highest BCUT2D eigenvalue weighted by Gasteiger charge is 1.96. The maximum absolute atomic E-state index is 11.6. The van der Waals surface area contributed by atoms with E-state index in [0.717, 1.165) is 11.1 Å². The predicted molar refractivity (Wildman–Crippen MR) is 73.9 cm³/mol. The summed E-state index contributed by atoms with van der Waals surface area (Å²) in [6, 6.07) is 14.8. The number of aromatic nitrogens is 2. The molecule has 19 heavy (non-hydrogen) atoms. The molecule has 0 amide bonds. The number of benzene rings is 1. The molecular formula is C16H10N2O. The minimum atomic E-state index is -0.0902. The molecule has 0 atom stereocenters. The second-order valence-corrected chi connectivity index (χ2v) is 4.04. The fraction of sp³-hybridized carbons (Fsp3) is 0. The fourth-order valence-electron chi connectivity index (χ4n) is 1.78. The standard InChI is InChI=1S/C16H10N2O/c19-16-8-10-17-15-12-14(9-11-18(15)16)7-6-13-4-2-1-3-5-13/h1-5,8-12H. The summed E-state index contributed by atoms with van der Waals surface area (Å²) in [5.74, 6) is 6.14. The van der Waals surface area contributed by atoms with Gasteiger partial charge in [0.05, 0.1) is 0 Å². The highest BCUT2D eigenvalue weighted by Crippen LogP contribution is 2.02. The normalized spacial score (nSPS) is 9.89. The van der Waals surface area contributed by atoms with E-state index in [4.69, 9.17) is 0 Å². The van der Waals surface area contributed by atoms with E-state index in [1.54, 1.807) is 12.3 Å². The lowest BCUT2D eigenvalue weighted by Crippen LogP contribution is -2.12. The van der Waals surface area contributed by atoms with Crippen LogP contribution < -0.4 is 5.56 Å². The van der Waals surface area contributed by atoms with Gasteiger partial charge < -0.3 is 0 Å². The molecule has 90 valence electrons. The first-order valence-electron chi connectivity index (χ1n) is 5.87. The quantitative estimate of drug-likeness (QED) is 0.569. The summed E-state index contributed by atoms with van der Waals surface area (Å²) in [6.45, 7) is 0. The van der Waals surface area contributed by atoms with Crippen LogP contribution in [-0.2, 0) is 0 Å². The second kappa shape index (κ2) is 4.79. The maximum atomic E-state index is 11.6. The summed E-state index contributed by atoms with van der Waals surface area (Å²) in [6.07, 6.45) is 3.20. The van der Waals surface area contributed by atoms with E-state index in [1.165, 1.54) is 16.7 Å². The molecule has 2 aromatic heterocycles. The van der Waals surface area contributed by atoms with Crippen LogP contribution in [0.4, 0.5) is 0 Å². The van der Waals surface area contributed by atoms with Crippen LogP contribution in [0.2, 0.25) is 0 Å². The van der Waals surface area contributed by atoms with Gasteiger partial charge in [0.25, 0.3) is 5.56 Å². The van der Waals surface area contributed by atoms with Crippen molar-refractivity contribution in [1.82, 2.24) is 9.38 Å². The van der Waals surface area contributed by atoms with Gasteiger partial charge in [-0.15, -0.1) is 0 Å². The molecule has 0 aliphatic heterocycles.